The molecule has 100 valence electrons. The Balaban J connectivity index is 2.37. The molecule has 0 amide bonds. The van der Waals surface area contributed by atoms with Crippen molar-refractivity contribution in [1.82, 2.24) is 0 Å². The maximum atomic E-state index is 13.6. The fourth-order valence-electron chi connectivity index (χ4n) is 2.28. The van der Waals surface area contributed by atoms with E-state index < -0.39 is 11.4 Å². The normalized spacial score (nSPS) is 14.2. The van der Waals surface area contributed by atoms with Crippen LogP contribution in [0, 0.1) is 18.6 Å². The Bertz CT molecular complexity index is 591. The first-order valence-corrected chi connectivity index (χ1v) is 6.12. The average Bonchev–Trinajstić information content (AvgIpc) is 2.35. The Morgan fingerprint density at radius 1 is 1.11 bits per heavy atom. The van der Waals surface area contributed by atoms with Gasteiger partial charge in [0.1, 0.15) is 11.6 Å². The van der Waals surface area contributed by atoms with Gasteiger partial charge in [0, 0.05) is 6.42 Å². The van der Waals surface area contributed by atoms with Crippen LogP contribution < -0.4 is 0 Å². The van der Waals surface area contributed by atoms with Crippen molar-refractivity contribution in [3.8, 4) is 0 Å². The van der Waals surface area contributed by atoms with Crippen molar-refractivity contribution in [2.45, 2.75) is 25.9 Å². The van der Waals surface area contributed by atoms with Gasteiger partial charge in [0.25, 0.3) is 0 Å². The van der Waals surface area contributed by atoms with Crippen LogP contribution in [0.15, 0.2) is 42.5 Å². The molecule has 0 heterocycles. The molecule has 1 atom stereocenters. The third-order valence-corrected chi connectivity index (χ3v) is 3.27. The minimum atomic E-state index is -1.31. The number of hydrogen-bond acceptors (Lipinski definition) is 1. The minimum Gasteiger partial charge on any atom is -0.385 e. The molecule has 0 spiro atoms. The van der Waals surface area contributed by atoms with E-state index in [1.54, 1.807) is 38.1 Å². The molecular formula is C16H16F2O. The predicted octanol–water partition coefficient (Wildman–Crippen LogP) is 3.72. The smallest absolute Gasteiger partial charge is 0.126 e. The molecule has 19 heavy (non-hydrogen) atoms. The standard InChI is InChI=1S/C16H16F2O/c1-11-7-8-13(17)9-14(11)16(2,19)10-12-5-3-4-6-15(12)18/h3-9,19H,10H2,1-2H3. The van der Waals surface area contributed by atoms with Crippen LogP contribution in [0.4, 0.5) is 8.78 Å². The molecule has 0 aliphatic carbocycles. The van der Waals surface area contributed by atoms with Crippen molar-refractivity contribution >= 4 is 0 Å². The zero-order chi connectivity index (χ0) is 14.0. The summed E-state index contributed by atoms with van der Waals surface area (Å²) in [5.41, 5.74) is 0.364. The van der Waals surface area contributed by atoms with Gasteiger partial charge in [0.05, 0.1) is 5.60 Å². The molecule has 0 saturated carbocycles. The Morgan fingerprint density at radius 3 is 2.47 bits per heavy atom. The van der Waals surface area contributed by atoms with Gasteiger partial charge in [-0.2, -0.15) is 0 Å². The van der Waals surface area contributed by atoms with E-state index in [4.69, 9.17) is 0 Å². The van der Waals surface area contributed by atoms with Crippen LogP contribution in [0.2, 0.25) is 0 Å². The molecule has 0 radical (unpaired) electrons. The van der Waals surface area contributed by atoms with Gasteiger partial charge in [-0.25, -0.2) is 8.78 Å². The molecule has 0 aromatic heterocycles. The SMILES string of the molecule is Cc1ccc(F)cc1C(C)(O)Cc1ccccc1F. The van der Waals surface area contributed by atoms with Gasteiger partial charge in [-0.05, 0) is 48.7 Å². The van der Waals surface area contributed by atoms with Crippen LogP contribution in [0.3, 0.4) is 0 Å². The Labute approximate surface area is 111 Å². The minimum absolute atomic E-state index is 0.101. The lowest BCUT2D eigenvalue weighted by molar-refractivity contribution is 0.0557. The Kier molecular flexibility index (Phi) is 3.67. The van der Waals surface area contributed by atoms with Gasteiger partial charge in [0.15, 0.2) is 0 Å². The van der Waals surface area contributed by atoms with E-state index in [9.17, 15) is 13.9 Å². The Hall–Kier alpha value is -1.74. The summed E-state index contributed by atoms with van der Waals surface area (Å²) >= 11 is 0. The second-order valence-corrected chi connectivity index (χ2v) is 5.00. The highest BCUT2D eigenvalue weighted by atomic mass is 19.1. The van der Waals surface area contributed by atoms with E-state index in [0.29, 0.717) is 11.1 Å². The number of hydrogen-bond donors (Lipinski definition) is 1. The number of benzene rings is 2. The molecular weight excluding hydrogens is 246 g/mol. The van der Waals surface area contributed by atoms with Gasteiger partial charge >= 0.3 is 0 Å². The molecule has 1 N–H and O–H groups in total. The Morgan fingerprint density at radius 2 is 1.79 bits per heavy atom. The molecule has 0 aliphatic rings. The first kappa shape index (κ1) is 13.7. The van der Waals surface area contributed by atoms with Crippen LogP contribution >= 0.6 is 0 Å². The summed E-state index contributed by atoms with van der Waals surface area (Å²) in [7, 11) is 0. The fourth-order valence-corrected chi connectivity index (χ4v) is 2.28. The number of halogens is 2. The summed E-state index contributed by atoms with van der Waals surface area (Å²) in [6.07, 6.45) is 0.101. The van der Waals surface area contributed by atoms with E-state index in [1.807, 2.05) is 0 Å². The van der Waals surface area contributed by atoms with Crippen LogP contribution in [0.1, 0.15) is 23.6 Å². The summed E-state index contributed by atoms with van der Waals surface area (Å²) < 4.78 is 26.9. The quantitative estimate of drug-likeness (QED) is 0.893. The fraction of sp³-hybridized carbons (Fsp3) is 0.250. The highest BCUT2D eigenvalue weighted by Gasteiger charge is 2.27. The maximum Gasteiger partial charge on any atom is 0.126 e. The second kappa shape index (κ2) is 5.10. The van der Waals surface area contributed by atoms with Gasteiger partial charge in [-0.1, -0.05) is 24.3 Å². The van der Waals surface area contributed by atoms with Crippen molar-refractivity contribution in [2.24, 2.45) is 0 Å². The molecule has 0 saturated heterocycles. The monoisotopic (exact) mass is 262 g/mol. The molecule has 2 rings (SSSR count). The summed E-state index contributed by atoms with van der Waals surface area (Å²) in [6.45, 7) is 3.37. The molecule has 1 nitrogen and oxygen atoms in total. The van der Waals surface area contributed by atoms with Crippen molar-refractivity contribution in [1.29, 1.82) is 0 Å². The lowest BCUT2D eigenvalue weighted by Crippen LogP contribution is -2.26. The predicted molar refractivity (Wildman–Crippen MR) is 70.8 cm³/mol. The van der Waals surface area contributed by atoms with Crippen molar-refractivity contribution in [3.05, 3.63) is 70.8 Å². The largest absolute Gasteiger partial charge is 0.385 e. The van der Waals surface area contributed by atoms with E-state index >= 15 is 0 Å². The summed E-state index contributed by atoms with van der Waals surface area (Å²) in [4.78, 5) is 0. The van der Waals surface area contributed by atoms with Gasteiger partial charge in [-0.15, -0.1) is 0 Å². The van der Waals surface area contributed by atoms with Crippen molar-refractivity contribution in [2.75, 3.05) is 0 Å². The van der Waals surface area contributed by atoms with E-state index in [-0.39, 0.29) is 12.2 Å². The summed E-state index contributed by atoms with van der Waals surface area (Å²) in [5.74, 6) is -0.772. The lowest BCUT2D eigenvalue weighted by Gasteiger charge is -2.26. The zero-order valence-electron chi connectivity index (χ0n) is 11.0. The maximum absolute atomic E-state index is 13.6. The number of aryl methyl sites for hydroxylation is 1. The first-order valence-electron chi connectivity index (χ1n) is 6.12. The molecule has 0 bridgehead atoms. The zero-order valence-corrected chi connectivity index (χ0v) is 11.0. The third kappa shape index (κ3) is 2.99. The van der Waals surface area contributed by atoms with E-state index in [0.717, 1.165) is 5.56 Å². The van der Waals surface area contributed by atoms with Crippen LogP contribution in [0.25, 0.3) is 0 Å². The topological polar surface area (TPSA) is 20.2 Å². The van der Waals surface area contributed by atoms with Gasteiger partial charge in [-0.3, -0.25) is 0 Å². The van der Waals surface area contributed by atoms with Crippen LogP contribution in [-0.2, 0) is 12.0 Å². The van der Waals surface area contributed by atoms with Crippen LogP contribution in [-0.4, -0.2) is 5.11 Å². The third-order valence-electron chi connectivity index (χ3n) is 3.27. The average molecular weight is 262 g/mol. The molecule has 2 aromatic carbocycles. The van der Waals surface area contributed by atoms with Gasteiger partial charge in [0.2, 0.25) is 0 Å². The summed E-state index contributed by atoms with van der Waals surface area (Å²) in [6, 6.07) is 10.5. The molecule has 0 fully saturated rings. The molecule has 1 unspecified atom stereocenters. The van der Waals surface area contributed by atoms with E-state index in [1.165, 1.54) is 18.2 Å². The number of rotatable bonds is 3. The molecule has 2 aromatic rings. The van der Waals surface area contributed by atoms with Crippen molar-refractivity contribution in [3.63, 3.8) is 0 Å². The number of aliphatic hydroxyl groups is 1. The molecule has 3 heteroatoms. The van der Waals surface area contributed by atoms with E-state index in [2.05, 4.69) is 0 Å². The van der Waals surface area contributed by atoms with Crippen molar-refractivity contribution < 1.29 is 13.9 Å². The second-order valence-electron chi connectivity index (χ2n) is 5.00. The lowest BCUT2D eigenvalue weighted by atomic mass is 9.86. The summed E-state index contributed by atoms with van der Waals surface area (Å²) in [5, 5.41) is 10.5. The highest BCUT2D eigenvalue weighted by Crippen LogP contribution is 2.29. The molecule has 0 aliphatic heterocycles. The highest BCUT2D eigenvalue weighted by molar-refractivity contribution is 5.33. The van der Waals surface area contributed by atoms with Gasteiger partial charge < -0.3 is 5.11 Å². The van der Waals surface area contributed by atoms with Crippen LogP contribution in [0.5, 0.6) is 0 Å². The first-order chi connectivity index (χ1) is 8.90.